The van der Waals surface area contributed by atoms with Gasteiger partial charge in [0.1, 0.15) is 6.04 Å². The number of amides is 2. The molecule has 2 fully saturated rings. The average Bonchev–Trinajstić information content (AvgIpc) is 3.18. The Morgan fingerprint density at radius 1 is 0.843 bits per heavy atom. The van der Waals surface area contributed by atoms with Gasteiger partial charge in [0.05, 0.1) is 39.1 Å². The Balaban J connectivity index is 1.15. The van der Waals surface area contributed by atoms with Crippen molar-refractivity contribution in [1.29, 1.82) is 0 Å². The van der Waals surface area contributed by atoms with Crippen LogP contribution in [-0.4, -0.2) is 74.1 Å². The topological polar surface area (TPSA) is 119 Å². The van der Waals surface area contributed by atoms with E-state index >= 15 is 0 Å². The first-order valence-corrected chi connectivity index (χ1v) is 17.6. The van der Waals surface area contributed by atoms with Crippen LogP contribution in [0.15, 0.2) is 103 Å². The lowest BCUT2D eigenvalue weighted by molar-refractivity contribution is -0.277. The van der Waals surface area contributed by atoms with Gasteiger partial charge in [-0.3, -0.25) is 4.90 Å². The van der Waals surface area contributed by atoms with Crippen LogP contribution in [-0.2, 0) is 43.3 Å². The van der Waals surface area contributed by atoms with Crippen molar-refractivity contribution in [3.63, 3.8) is 0 Å². The fourth-order valence-corrected chi connectivity index (χ4v) is 6.67. The molecule has 2 amide bonds. The van der Waals surface area contributed by atoms with Gasteiger partial charge in [-0.25, -0.2) is 9.59 Å². The van der Waals surface area contributed by atoms with Gasteiger partial charge in [-0.15, -0.1) is 0 Å². The van der Waals surface area contributed by atoms with E-state index in [1.165, 1.54) is 7.11 Å². The predicted octanol–water partition coefficient (Wildman–Crippen LogP) is 5.55. The van der Waals surface area contributed by atoms with Crippen LogP contribution in [0.5, 0.6) is 0 Å². The van der Waals surface area contributed by atoms with E-state index in [0.29, 0.717) is 6.42 Å². The van der Waals surface area contributed by atoms with Crippen molar-refractivity contribution in [2.45, 2.75) is 51.0 Å². The second-order valence-corrected chi connectivity index (χ2v) is 13.2. The lowest BCUT2D eigenvalue weighted by Gasteiger charge is -2.43. The first-order valence-electron chi connectivity index (χ1n) is 17.6. The average molecular weight is 694 g/mol. The molecule has 0 unspecified atom stereocenters. The molecule has 0 aliphatic carbocycles. The molecule has 4 aromatic rings. The van der Waals surface area contributed by atoms with Crippen molar-refractivity contribution < 1.29 is 33.6 Å². The third-order valence-electron chi connectivity index (χ3n) is 9.61. The molecule has 2 saturated heterocycles. The van der Waals surface area contributed by atoms with E-state index in [0.717, 1.165) is 71.8 Å². The number of benzene rings is 4. The van der Waals surface area contributed by atoms with Crippen LogP contribution in [0.4, 0.5) is 4.79 Å². The quantitative estimate of drug-likeness (QED) is 0.165. The zero-order valence-corrected chi connectivity index (χ0v) is 29.2. The molecule has 3 N–H and O–H groups in total. The van der Waals surface area contributed by atoms with E-state index in [4.69, 9.17) is 18.9 Å². The Morgan fingerprint density at radius 3 is 2.27 bits per heavy atom. The predicted molar refractivity (Wildman–Crippen MR) is 193 cm³/mol. The molecule has 51 heavy (non-hydrogen) atoms. The molecule has 0 saturated carbocycles. The minimum atomic E-state index is -0.813. The Kier molecular flexibility index (Phi) is 12.5. The van der Waals surface area contributed by atoms with Crippen molar-refractivity contribution in [2.24, 2.45) is 5.92 Å². The number of rotatable bonds is 12. The first kappa shape index (κ1) is 36.2. The minimum Gasteiger partial charge on any atom is -0.467 e. The van der Waals surface area contributed by atoms with Gasteiger partial charge in [-0.2, -0.15) is 0 Å². The summed E-state index contributed by atoms with van der Waals surface area (Å²) in [4.78, 5) is 27.7. The molecule has 2 aliphatic rings. The number of aliphatic hydroxyl groups is 1. The minimum absolute atomic E-state index is 0.00534. The summed E-state index contributed by atoms with van der Waals surface area (Å²) in [7, 11) is 1.31. The van der Waals surface area contributed by atoms with Crippen molar-refractivity contribution >= 4 is 12.0 Å². The molecule has 2 aliphatic heterocycles. The van der Waals surface area contributed by atoms with Crippen LogP contribution in [0.2, 0.25) is 0 Å². The maximum absolute atomic E-state index is 12.9. The van der Waals surface area contributed by atoms with E-state index in [1.54, 1.807) is 0 Å². The zero-order valence-electron chi connectivity index (χ0n) is 29.2. The number of nitrogens with one attached hydrogen (secondary N) is 2. The molecule has 268 valence electrons. The van der Waals surface area contributed by atoms with Gasteiger partial charge in [0.25, 0.3) is 0 Å². The number of methoxy groups -OCH3 is 1. The maximum atomic E-state index is 12.9. The SMILES string of the molecule is COC(=O)[C@H](Cc1ccccc1)NC(=O)NCc1cccc(-c2cccc([C@@H]3O[C@H](CN4CCOCC4)[C@H](C)[C@H](c4ccc(CO)cc4)O3)c2)c1. The Bertz CT molecular complexity index is 1730. The highest BCUT2D eigenvalue weighted by molar-refractivity contribution is 5.83. The van der Waals surface area contributed by atoms with E-state index in [1.807, 2.05) is 91.0 Å². The third-order valence-corrected chi connectivity index (χ3v) is 9.61. The van der Waals surface area contributed by atoms with Crippen molar-refractivity contribution in [3.05, 3.63) is 131 Å². The molecular formula is C41H47N3O7. The molecule has 0 aromatic heterocycles. The molecule has 4 aromatic carbocycles. The van der Waals surface area contributed by atoms with E-state index in [2.05, 4.69) is 34.6 Å². The fourth-order valence-electron chi connectivity index (χ4n) is 6.67. The van der Waals surface area contributed by atoms with Crippen LogP contribution < -0.4 is 10.6 Å². The standard InChI is InChI=1S/C41H47N3O7/c1-28-37(26-44-18-20-49-21-19-44)50-40(51-38(28)32-16-14-30(27-45)15-17-32)35-13-7-12-34(24-35)33-11-6-10-31(22-33)25-42-41(47)43-36(39(46)48-2)23-29-8-4-3-5-9-29/h3-17,22,24,28,36-38,40,45H,18-21,23,25-27H2,1-2H3,(H2,42,43,47)/t28-,36-,37+,38+,40+/m0/s1. The van der Waals surface area contributed by atoms with Gasteiger partial charge >= 0.3 is 12.0 Å². The van der Waals surface area contributed by atoms with E-state index in [9.17, 15) is 14.7 Å². The zero-order chi connectivity index (χ0) is 35.6. The van der Waals surface area contributed by atoms with Crippen LogP contribution in [0, 0.1) is 5.92 Å². The highest BCUT2D eigenvalue weighted by Crippen LogP contribution is 2.42. The molecule has 2 heterocycles. The number of esters is 1. The monoisotopic (exact) mass is 693 g/mol. The highest BCUT2D eigenvalue weighted by atomic mass is 16.7. The summed E-state index contributed by atoms with van der Waals surface area (Å²) in [5.74, 6) is -0.413. The number of nitrogens with zero attached hydrogens (tertiary/aromatic N) is 1. The number of hydrogen-bond acceptors (Lipinski definition) is 8. The van der Waals surface area contributed by atoms with Crippen LogP contribution in [0.3, 0.4) is 0 Å². The van der Waals surface area contributed by atoms with Gasteiger partial charge in [0, 0.05) is 44.1 Å². The lowest BCUT2D eigenvalue weighted by atomic mass is 9.89. The van der Waals surface area contributed by atoms with E-state index in [-0.39, 0.29) is 31.3 Å². The van der Waals surface area contributed by atoms with Crippen molar-refractivity contribution in [1.82, 2.24) is 15.5 Å². The molecule has 0 bridgehead atoms. The number of aliphatic hydroxyl groups excluding tert-OH is 1. The van der Waals surface area contributed by atoms with Crippen molar-refractivity contribution in [3.8, 4) is 11.1 Å². The summed E-state index contributed by atoms with van der Waals surface area (Å²) >= 11 is 0. The fraction of sp³-hybridized carbons (Fsp3) is 0.366. The summed E-state index contributed by atoms with van der Waals surface area (Å²) in [6, 6.07) is 32.4. The summed E-state index contributed by atoms with van der Waals surface area (Å²) in [5.41, 5.74) is 6.63. The molecular weight excluding hydrogens is 646 g/mol. The van der Waals surface area contributed by atoms with Gasteiger partial charge in [-0.1, -0.05) is 97.9 Å². The summed E-state index contributed by atoms with van der Waals surface area (Å²) < 4.78 is 24.0. The van der Waals surface area contributed by atoms with Gasteiger partial charge in [-0.05, 0) is 45.5 Å². The molecule has 0 radical (unpaired) electrons. The lowest BCUT2D eigenvalue weighted by Crippen LogP contribution is -2.47. The Labute approximate surface area is 299 Å². The Morgan fingerprint density at radius 2 is 1.55 bits per heavy atom. The number of carbonyl (C=O) groups excluding carboxylic acids is 2. The van der Waals surface area contributed by atoms with Crippen LogP contribution in [0.1, 0.15) is 47.1 Å². The summed E-state index contributed by atoms with van der Waals surface area (Å²) in [5, 5.41) is 15.2. The van der Waals surface area contributed by atoms with Gasteiger partial charge in [0.15, 0.2) is 6.29 Å². The molecule has 6 rings (SSSR count). The summed E-state index contributed by atoms with van der Waals surface area (Å²) in [6.45, 7) is 6.41. The number of carbonyl (C=O) groups is 2. The molecule has 10 heteroatoms. The highest BCUT2D eigenvalue weighted by Gasteiger charge is 2.39. The van der Waals surface area contributed by atoms with Crippen LogP contribution in [0.25, 0.3) is 11.1 Å². The van der Waals surface area contributed by atoms with Crippen LogP contribution >= 0.6 is 0 Å². The number of morpholine rings is 1. The number of urea groups is 1. The number of hydrogen-bond donors (Lipinski definition) is 3. The molecule has 5 atom stereocenters. The first-order chi connectivity index (χ1) is 24.9. The maximum Gasteiger partial charge on any atom is 0.328 e. The van der Waals surface area contributed by atoms with Gasteiger partial charge < -0.3 is 34.7 Å². The normalized spacial score (nSPS) is 21.4. The summed E-state index contributed by atoms with van der Waals surface area (Å²) in [6.07, 6.45) is -0.523. The van der Waals surface area contributed by atoms with Crippen molar-refractivity contribution in [2.75, 3.05) is 40.0 Å². The second kappa shape index (κ2) is 17.6. The smallest absolute Gasteiger partial charge is 0.328 e. The number of ether oxygens (including phenoxy) is 4. The van der Waals surface area contributed by atoms with Gasteiger partial charge in [0.2, 0.25) is 0 Å². The Hall–Kier alpha value is -4.58. The van der Waals surface area contributed by atoms with E-state index < -0.39 is 24.3 Å². The third kappa shape index (κ3) is 9.61. The molecule has 0 spiro atoms. The molecule has 10 nitrogen and oxygen atoms in total. The largest absolute Gasteiger partial charge is 0.467 e. The second-order valence-electron chi connectivity index (χ2n) is 13.2.